The first-order valence-electron chi connectivity index (χ1n) is 3.61. The predicted octanol–water partition coefficient (Wildman–Crippen LogP) is -7.01. The Labute approximate surface area is 141 Å². The van der Waals surface area contributed by atoms with Crippen LogP contribution in [0.3, 0.4) is 0 Å². The van der Waals surface area contributed by atoms with Gasteiger partial charge in [0.05, 0.1) is 6.61 Å². The van der Waals surface area contributed by atoms with Crippen LogP contribution in [0.4, 0.5) is 0 Å². The third kappa shape index (κ3) is 9.51. The summed E-state index contributed by atoms with van der Waals surface area (Å²) in [5, 5.41) is 0.313. The molecule has 0 radical (unpaired) electrons. The van der Waals surface area contributed by atoms with Crippen LogP contribution in [-0.4, -0.2) is 52.7 Å². The Hall–Kier alpha value is 1.48. The van der Waals surface area contributed by atoms with E-state index in [9.17, 15) is 9.79 Å². The van der Waals surface area contributed by atoms with Crippen LogP contribution >= 0.6 is 8.38 Å². The second-order valence-electron chi connectivity index (χ2n) is 2.18. The number of rotatable bonds is 3. The van der Waals surface area contributed by atoms with Gasteiger partial charge < -0.3 is 39.3 Å². The van der Waals surface area contributed by atoms with Crippen molar-refractivity contribution in [2.75, 3.05) is 6.61 Å². The summed E-state index contributed by atoms with van der Waals surface area (Å²) in [4.78, 5) is 20.9. The van der Waals surface area contributed by atoms with E-state index in [0.29, 0.717) is 17.7 Å². The van der Waals surface area contributed by atoms with E-state index >= 15 is 0 Å². The fourth-order valence-corrected chi connectivity index (χ4v) is 1.22. The van der Waals surface area contributed by atoms with E-state index in [1.165, 1.54) is 12.1 Å². The van der Waals surface area contributed by atoms with Crippen LogP contribution in [0.2, 0.25) is 0 Å². The van der Waals surface area contributed by atoms with Gasteiger partial charge in [-0.25, -0.2) is 0 Å². The van der Waals surface area contributed by atoms with E-state index in [1.54, 1.807) is 12.1 Å². The van der Waals surface area contributed by atoms with Crippen LogP contribution < -0.4 is 44.6 Å². The summed E-state index contributed by atoms with van der Waals surface area (Å²) < 4.78 is 5.14. The third-order valence-corrected chi connectivity index (χ3v) is 2.08. The summed E-state index contributed by atoms with van der Waals surface area (Å²) >= 11 is 0. The van der Waals surface area contributed by atoms with Gasteiger partial charge in [-0.3, -0.25) is 8.38 Å². The minimum atomic E-state index is -2.47. The van der Waals surface area contributed by atoms with Crippen LogP contribution in [0.5, 0.6) is 5.75 Å². The molecule has 0 aliphatic rings. The van der Waals surface area contributed by atoms with Crippen molar-refractivity contribution in [2.45, 2.75) is 6.92 Å². The third-order valence-electron chi connectivity index (χ3n) is 1.36. The zero-order chi connectivity index (χ0) is 8.97. The second-order valence-corrected chi connectivity index (χ2v) is 3.21. The molecule has 0 bridgehead atoms. The average molecular weight is 304 g/mol. The molecule has 0 atom stereocenters. The van der Waals surface area contributed by atoms with Crippen molar-refractivity contribution < 1.29 is 39.3 Å². The minimum absolute atomic E-state index is 0. The second kappa shape index (κ2) is 14.5. The maximum absolute atomic E-state index is 10.5. The maximum Gasteiger partial charge on any atom is 2.00 e. The number of hydrogen-bond acceptors (Lipinski definition) is 3. The van der Waals surface area contributed by atoms with Crippen LogP contribution in [0.25, 0.3) is 0 Å². The molecule has 82 valence electrons. The largest absolute Gasteiger partial charge is 2.00 e. The van der Waals surface area contributed by atoms with E-state index in [4.69, 9.17) is 4.74 Å². The van der Waals surface area contributed by atoms with Crippen molar-refractivity contribution in [3.8, 4) is 5.75 Å². The minimum Gasteiger partial charge on any atom is -1.00 e. The topological polar surface area (TPSA) is 55.3 Å². The van der Waals surface area contributed by atoms with Gasteiger partial charge in [0, 0.05) is 0 Å². The van der Waals surface area contributed by atoms with Crippen molar-refractivity contribution >= 4 is 59.8 Å². The average Bonchev–Trinajstić information content (AvgIpc) is 2.06. The summed E-state index contributed by atoms with van der Waals surface area (Å²) in [6.45, 7) is 2.46. The van der Waals surface area contributed by atoms with E-state index in [1.807, 2.05) is 6.92 Å². The molecule has 0 heterocycles. The van der Waals surface area contributed by atoms with Gasteiger partial charge in [0.1, 0.15) is 5.75 Å². The zero-order valence-electron chi connectivity index (χ0n) is 8.86. The molecular weight excluding hydrogens is 295 g/mol. The maximum atomic E-state index is 10.5. The standard InChI is InChI=1S/C8H9O3P.2ClH.2Mg/c1-2-11-7-3-5-8(6-4-7)12(9)10;;;;/h3-6H,2H2,1H3;2*1H;;/q-2;;;2*+2/p-2. The normalized spacial score (nSPS) is 7.75. The molecule has 0 saturated carbocycles. The van der Waals surface area contributed by atoms with Crippen LogP contribution in [0, 0.1) is 0 Å². The number of halogens is 2. The first kappa shape index (κ1) is 26.1. The number of ether oxygens (including phenoxy) is 1. The first-order valence-corrected chi connectivity index (χ1v) is 4.79. The molecule has 0 fully saturated rings. The Balaban J connectivity index is -0.000000180. The van der Waals surface area contributed by atoms with Crippen molar-refractivity contribution in [3.63, 3.8) is 0 Å². The first-order chi connectivity index (χ1) is 5.74. The molecular formula is C8H9Cl2Mg2O3P. The summed E-state index contributed by atoms with van der Waals surface area (Å²) in [5.41, 5.74) is 0. The molecule has 0 unspecified atom stereocenters. The molecule has 3 nitrogen and oxygen atoms in total. The van der Waals surface area contributed by atoms with E-state index < -0.39 is 8.38 Å². The van der Waals surface area contributed by atoms with Crippen LogP contribution in [0.15, 0.2) is 24.3 Å². The molecule has 0 aromatic heterocycles. The van der Waals surface area contributed by atoms with Gasteiger partial charge in [-0.1, -0.05) is 17.4 Å². The van der Waals surface area contributed by atoms with E-state index in [-0.39, 0.29) is 70.9 Å². The SMILES string of the molecule is CCOc1ccc(P([O-])[O-])cc1.[Cl-].[Cl-].[Mg+2].[Mg+2]. The van der Waals surface area contributed by atoms with Gasteiger partial charge in [-0.2, -0.15) is 0 Å². The summed E-state index contributed by atoms with van der Waals surface area (Å²) in [7, 11) is -2.47. The zero-order valence-corrected chi connectivity index (χ0v) is 14.1. The fraction of sp³-hybridized carbons (Fsp3) is 0.250. The molecule has 8 heteroatoms. The molecule has 16 heavy (non-hydrogen) atoms. The van der Waals surface area contributed by atoms with Gasteiger partial charge in [-0.05, 0) is 19.1 Å². The smallest absolute Gasteiger partial charge is 1.00 e. The molecule has 1 aromatic carbocycles. The van der Waals surface area contributed by atoms with Crippen LogP contribution in [-0.2, 0) is 0 Å². The van der Waals surface area contributed by atoms with E-state index in [2.05, 4.69) is 0 Å². The predicted molar refractivity (Wildman–Crippen MR) is 55.7 cm³/mol. The van der Waals surface area contributed by atoms with Gasteiger partial charge in [0.2, 0.25) is 0 Å². The molecule has 1 aromatic rings. The number of hydrogen-bond donors (Lipinski definition) is 0. The van der Waals surface area contributed by atoms with Crippen molar-refractivity contribution in [1.29, 1.82) is 0 Å². The van der Waals surface area contributed by atoms with E-state index in [0.717, 1.165) is 0 Å². The van der Waals surface area contributed by atoms with Gasteiger partial charge in [0.25, 0.3) is 0 Å². The Kier molecular flexibility index (Phi) is 23.7. The molecule has 0 saturated heterocycles. The fourth-order valence-electron chi connectivity index (χ4n) is 0.831. The molecule has 0 aliphatic carbocycles. The summed E-state index contributed by atoms with van der Waals surface area (Å²) in [6, 6.07) is 6.33. The molecule has 0 aliphatic heterocycles. The van der Waals surface area contributed by atoms with Crippen molar-refractivity contribution in [1.82, 2.24) is 0 Å². The number of benzene rings is 1. The van der Waals surface area contributed by atoms with Gasteiger partial charge in [-0.15, -0.1) is 0 Å². The Morgan fingerprint density at radius 1 is 1.06 bits per heavy atom. The Bertz CT molecular complexity index is 250. The van der Waals surface area contributed by atoms with Crippen LogP contribution in [0.1, 0.15) is 6.92 Å². The molecule has 0 spiro atoms. The van der Waals surface area contributed by atoms with Crippen molar-refractivity contribution in [3.05, 3.63) is 24.3 Å². The monoisotopic (exact) mass is 302 g/mol. The molecule has 0 N–H and O–H groups in total. The molecule has 0 amide bonds. The molecule has 1 rings (SSSR count). The van der Waals surface area contributed by atoms with Gasteiger partial charge in [0.15, 0.2) is 0 Å². The Morgan fingerprint density at radius 2 is 1.50 bits per heavy atom. The quantitative estimate of drug-likeness (QED) is 0.412. The Morgan fingerprint density at radius 3 is 1.81 bits per heavy atom. The summed E-state index contributed by atoms with van der Waals surface area (Å²) in [5.74, 6) is 0.693. The van der Waals surface area contributed by atoms with Gasteiger partial charge >= 0.3 is 46.1 Å². The summed E-state index contributed by atoms with van der Waals surface area (Å²) in [6.07, 6.45) is 0. The van der Waals surface area contributed by atoms with Crippen molar-refractivity contribution in [2.24, 2.45) is 0 Å².